The van der Waals surface area contributed by atoms with Crippen LogP contribution in [0.5, 0.6) is 0 Å². The summed E-state index contributed by atoms with van der Waals surface area (Å²) in [6.45, 7) is 3.47. The topological polar surface area (TPSA) is 110 Å². The van der Waals surface area contributed by atoms with E-state index >= 15 is 0 Å². The molecule has 1 unspecified atom stereocenters. The van der Waals surface area contributed by atoms with Gasteiger partial charge < -0.3 is 14.7 Å². The number of hydrogen-bond donors (Lipinski definition) is 1. The van der Waals surface area contributed by atoms with Crippen molar-refractivity contribution in [1.82, 2.24) is 4.90 Å². The van der Waals surface area contributed by atoms with Crippen molar-refractivity contribution in [1.29, 1.82) is 0 Å². The minimum Gasteiger partial charge on any atom is -0.479 e. The van der Waals surface area contributed by atoms with E-state index < -0.39 is 23.1 Å². The lowest BCUT2D eigenvalue weighted by molar-refractivity contribution is -0.385. The fourth-order valence-electron chi connectivity index (χ4n) is 2.43. The molecule has 0 saturated carbocycles. The van der Waals surface area contributed by atoms with Crippen LogP contribution in [0.25, 0.3) is 0 Å². The lowest BCUT2D eigenvalue weighted by Crippen LogP contribution is -2.51. The normalized spacial score (nSPS) is 21.5. The molecule has 0 spiro atoms. The van der Waals surface area contributed by atoms with Crippen LogP contribution in [0.3, 0.4) is 0 Å². The molecule has 1 saturated heterocycles. The second-order valence-electron chi connectivity index (χ2n) is 5.24. The number of carboxylic acids is 1. The van der Waals surface area contributed by atoms with E-state index in [2.05, 4.69) is 0 Å². The Hall–Kier alpha value is -2.48. The van der Waals surface area contributed by atoms with E-state index in [0.29, 0.717) is 11.1 Å². The number of morpholine rings is 1. The summed E-state index contributed by atoms with van der Waals surface area (Å²) in [4.78, 5) is 35.2. The number of rotatable bonds is 3. The highest BCUT2D eigenvalue weighted by atomic mass is 16.6. The number of aryl methyl sites for hydroxylation is 1. The van der Waals surface area contributed by atoms with Crippen LogP contribution in [-0.2, 0) is 9.53 Å². The Bertz CT molecular complexity index is 630. The molecule has 1 aliphatic rings. The van der Waals surface area contributed by atoms with E-state index in [4.69, 9.17) is 9.84 Å². The molecule has 1 amide bonds. The predicted octanol–water partition coefficient (Wildman–Crippen LogP) is 1.22. The van der Waals surface area contributed by atoms with Gasteiger partial charge in [-0.15, -0.1) is 0 Å². The van der Waals surface area contributed by atoms with Gasteiger partial charge in [-0.25, -0.2) is 4.79 Å². The van der Waals surface area contributed by atoms with Crippen molar-refractivity contribution in [2.24, 2.45) is 0 Å². The molecule has 1 aliphatic heterocycles. The minimum absolute atomic E-state index is 0.0471. The average molecular weight is 308 g/mol. The number of carbonyl (C=O) groups is 2. The highest BCUT2D eigenvalue weighted by Crippen LogP contribution is 2.21. The Labute approximate surface area is 126 Å². The zero-order chi connectivity index (χ0) is 16.4. The molecular weight excluding hydrogens is 292 g/mol. The molecule has 1 N–H and O–H groups in total. The number of hydrogen-bond acceptors (Lipinski definition) is 5. The van der Waals surface area contributed by atoms with Crippen LogP contribution in [0.1, 0.15) is 22.8 Å². The van der Waals surface area contributed by atoms with E-state index in [1.807, 2.05) is 0 Å². The Morgan fingerprint density at radius 2 is 2.09 bits per heavy atom. The average Bonchev–Trinajstić information content (AvgIpc) is 2.45. The highest BCUT2D eigenvalue weighted by Gasteiger charge is 2.33. The molecule has 8 nitrogen and oxygen atoms in total. The largest absolute Gasteiger partial charge is 0.479 e. The van der Waals surface area contributed by atoms with E-state index in [9.17, 15) is 19.7 Å². The first-order valence-corrected chi connectivity index (χ1v) is 6.72. The minimum atomic E-state index is -1.12. The summed E-state index contributed by atoms with van der Waals surface area (Å²) >= 11 is 0. The van der Waals surface area contributed by atoms with Crippen LogP contribution >= 0.6 is 0 Å². The van der Waals surface area contributed by atoms with Crippen molar-refractivity contribution in [3.8, 4) is 0 Å². The van der Waals surface area contributed by atoms with E-state index in [1.54, 1.807) is 13.8 Å². The second-order valence-corrected chi connectivity index (χ2v) is 5.24. The van der Waals surface area contributed by atoms with E-state index in [-0.39, 0.29) is 24.7 Å². The summed E-state index contributed by atoms with van der Waals surface area (Å²) in [7, 11) is 0. The third-order valence-electron chi connectivity index (χ3n) is 3.46. The Kier molecular flexibility index (Phi) is 4.41. The maximum atomic E-state index is 12.5. The molecule has 1 aromatic carbocycles. The number of nitro groups is 1. The number of ether oxygens (including phenoxy) is 1. The van der Waals surface area contributed by atoms with E-state index in [0.717, 1.165) is 0 Å². The molecule has 1 fully saturated rings. The fourth-order valence-corrected chi connectivity index (χ4v) is 2.43. The van der Waals surface area contributed by atoms with Crippen LogP contribution in [0.15, 0.2) is 18.2 Å². The molecule has 1 aromatic rings. The summed E-state index contributed by atoms with van der Waals surface area (Å²) in [5.41, 5.74) is 0.614. The summed E-state index contributed by atoms with van der Waals surface area (Å²) in [6, 6.07) is 4.10. The molecule has 22 heavy (non-hydrogen) atoms. The monoisotopic (exact) mass is 308 g/mol. The number of aliphatic carboxylic acids is 1. The highest BCUT2D eigenvalue weighted by molar-refractivity contribution is 5.95. The van der Waals surface area contributed by atoms with Crippen molar-refractivity contribution < 1.29 is 24.4 Å². The lowest BCUT2D eigenvalue weighted by Gasteiger charge is -2.35. The first-order chi connectivity index (χ1) is 10.3. The van der Waals surface area contributed by atoms with Crippen molar-refractivity contribution in [3.05, 3.63) is 39.4 Å². The van der Waals surface area contributed by atoms with Crippen LogP contribution in [0.4, 0.5) is 5.69 Å². The molecule has 0 bridgehead atoms. The van der Waals surface area contributed by atoms with Crippen LogP contribution < -0.4 is 0 Å². The summed E-state index contributed by atoms with van der Waals surface area (Å²) < 4.78 is 5.26. The second kappa shape index (κ2) is 6.10. The molecule has 2 rings (SSSR count). The molecule has 2 atom stereocenters. The van der Waals surface area contributed by atoms with Crippen molar-refractivity contribution in [2.75, 3.05) is 13.1 Å². The van der Waals surface area contributed by atoms with Gasteiger partial charge >= 0.3 is 5.97 Å². The number of carbonyl (C=O) groups excluding carboxylic acids is 1. The van der Waals surface area contributed by atoms with Crippen molar-refractivity contribution in [2.45, 2.75) is 26.1 Å². The van der Waals surface area contributed by atoms with Crippen LogP contribution in [-0.4, -0.2) is 52.1 Å². The van der Waals surface area contributed by atoms with Gasteiger partial charge in [-0.1, -0.05) is 0 Å². The maximum Gasteiger partial charge on any atom is 0.334 e. The molecule has 1 heterocycles. The van der Waals surface area contributed by atoms with Gasteiger partial charge in [-0.05, 0) is 26.0 Å². The smallest absolute Gasteiger partial charge is 0.334 e. The third-order valence-corrected chi connectivity index (χ3v) is 3.46. The molecule has 0 aliphatic carbocycles. The Morgan fingerprint density at radius 3 is 2.64 bits per heavy atom. The van der Waals surface area contributed by atoms with Gasteiger partial charge in [0.2, 0.25) is 0 Å². The Morgan fingerprint density at radius 1 is 1.41 bits per heavy atom. The van der Waals surface area contributed by atoms with Gasteiger partial charge in [0.25, 0.3) is 11.6 Å². The zero-order valence-corrected chi connectivity index (χ0v) is 12.2. The number of benzene rings is 1. The maximum absolute atomic E-state index is 12.5. The van der Waals surface area contributed by atoms with Gasteiger partial charge in [0.05, 0.1) is 17.6 Å². The summed E-state index contributed by atoms with van der Waals surface area (Å²) in [5, 5.41) is 19.8. The first-order valence-electron chi connectivity index (χ1n) is 6.72. The first kappa shape index (κ1) is 15.9. The predicted molar refractivity (Wildman–Crippen MR) is 75.7 cm³/mol. The molecule has 118 valence electrons. The molecule has 0 aromatic heterocycles. The number of carboxylic acid groups (broad SMARTS) is 1. The zero-order valence-electron chi connectivity index (χ0n) is 12.2. The standard InChI is InChI=1S/C14H16N2O6/c1-8-5-10(3-4-11(8)16(20)21)13(17)15-6-9(2)22-12(7-15)14(18)19/h3-5,9,12H,6-7H2,1-2H3,(H,18,19)/t9-,12?/m1/s1. The number of nitrogens with zero attached hydrogens (tertiary/aromatic N) is 2. The number of nitro benzene ring substituents is 1. The molecule has 8 heteroatoms. The van der Waals surface area contributed by atoms with Gasteiger partial charge in [0.15, 0.2) is 6.10 Å². The van der Waals surface area contributed by atoms with Gasteiger partial charge in [-0.3, -0.25) is 14.9 Å². The van der Waals surface area contributed by atoms with Gasteiger partial charge in [-0.2, -0.15) is 0 Å². The SMILES string of the molecule is Cc1cc(C(=O)N2CC(C(=O)O)O[C@H](C)C2)ccc1[N+](=O)[O-]. The summed E-state index contributed by atoms with van der Waals surface area (Å²) in [5.74, 6) is -1.48. The van der Waals surface area contributed by atoms with Crippen molar-refractivity contribution >= 4 is 17.6 Å². The fraction of sp³-hybridized carbons (Fsp3) is 0.429. The molecule has 0 radical (unpaired) electrons. The van der Waals surface area contributed by atoms with E-state index in [1.165, 1.54) is 23.1 Å². The number of amides is 1. The van der Waals surface area contributed by atoms with Crippen LogP contribution in [0, 0.1) is 17.0 Å². The summed E-state index contributed by atoms with van der Waals surface area (Å²) in [6.07, 6.45) is -1.45. The van der Waals surface area contributed by atoms with Crippen molar-refractivity contribution in [3.63, 3.8) is 0 Å². The quantitative estimate of drug-likeness (QED) is 0.664. The van der Waals surface area contributed by atoms with Gasteiger partial charge in [0.1, 0.15) is 0 Å². The lowest BCUT2D eigenvalue weighted by atomic mass is 10.1. The molecular formula is C14H16N2O6. The van der Waals surface area contributed by atoms with Crippen LogP contribution in [0.2, 0.25) is 0 Å². The third kappa shape index (κ3) is 3.22. The van der Waals surface area contributed by atoms with Gasteiger partial charge in [0, 0.05) is 23.7 Å². The Balaban J connectivity index is 2.22.